The number of nitriles is 4. The molecular formula is C79H69BiBr7ClN20O11S2. The number of hydrogen-bond donors (Lipinski definition) is 14. The molecule has 0 aliphatic rings. The third-order valence-corrected chi connectivity index (χ3v) is 19.9. The van der Waals surface area contributed by atoms with Crippen LogP contribution in [-0.2, 0) is 29.6 Å². The number of thiocarbonyl (C=S) groups is 1. The smallest absolute Gasteiger partial charge is 0.373 e. The third kappa shape index (κ3) is 34.4. The predicted octanol–water partition coefficient (Wildman–Crippen LogP) is 15.5. The van der Waals surface area contributed by atoms with Crippen molar-refractivity contribution in [2.45, 2.75) is 45.5 Å². The Bertz CT molecular complexity index is 5960. The second kappa shape index (κ2) is 54.6. The van der Waals surface area contributed by atoms with Crippen molar-refractivity contribution in [1.82, 2.24) is 49.8 Å². The number of anilines is 2. The molecule has 7 aromatic carbocycles. The van der Waals surface area contributed by atoms with E-state index in [-0.39, 0.29) is 117 Å². The molecule has 31 nitrogen and oxygen atoms in total. The molecule has 0 saturated carbocycles. The van der Waals surface area contributed by atoms with E-state index in [1.54, 1.807) is 68.1 Å². The second-order valence-corrected chi connectivity index (χ2v) is 31.5. The van der Waals surface area contributed by atoms with Crippen molar-refractivity contribution in [3.63, 3.8) is 0 Å². The first-order chi connectivity index (χ1) is 56.8. The molecule has 13 rings (SSSR count). The molecule has 6 heterocycles. The summed E-state index contributed by atoms with van der Waals surface area (Å²) in [6.07, 6.45) is 0.665. The Morgan fingerprint density at radius 3 is 1.36 bits per heavy atom. The van der Waals surface area contributed by atoms with Crippen molar-refractivity contribution in [1.29, 1.82) is 26.5 Å². The van der Waals surface area contributed by atoms with Gasteiger partial charge in [0, 0.05) is 60.4 Å². The number of nitrogen functional groups attached to an aromatic ring is 1. The summed E-state index contributed by atoms with van der Waals surface area (Å²) in [5, 5.41) is 64.9. The van der Waals surface area contributed by atoms with Crippen molar-refractivity contribution in [2.24, 2.45) is 17.2 Å². The number of hydrogen-bond acceptors (Lipinski definition) is 25. The number of nitrogens with one attached hydrogen (secondary N) is 8. The van der Waals surface area contributed by atoms with Gasteiger partial charge >= 0.3 is 111 Å². The van der Waals surface area contributed by atoms with Crippen LogP contribution in [0.1, 0.15) is 88.0 Å². The van der Waals surface area contributed by atoms with Gasteiger partial charge < -0.3 is 62.8 Å². The Morgan fingerprint density at radius 2 is 0.950 bits per heavy atom. The molecule has 0 bridgehead atoms. The minimum atomic E-state index is -0.661. The number of imidazole rings is 4. The van der Waals surface area contributed by atoms with Gasteiger partial charge in [-0.3, -0.25) is 15.0 Å². The van der Waals surface area contributed by atoms with Crippen LogP contribution in [-0.4, -0.2) is 138 Å². The number of thioether (sulfide) groups is 1. The summed E-state index contributed by atoms with van der Waals surface area (Å²) < 4.78 is 16.4. The number of rotatable bonds is 14. The van der Waals surface area contributed by atoms with Crippen molar-refractivity contribution < 1.29 is 43.7 Å². The number of nitrogens with zero attached hydrogens (tertiary/aromatic N) is 8. The third-order valence-electron chi connectivity index (χ3n) is 14.6. The molecule has 18 N–H and O–H groups in total. The van der Waals surface area contributed by atoms with Crippen LogP contribution in [0.4, 0.5) is 11.6 Å². The number of aromatic hydroxyl groups is 2. The quantitative estimate of drug-likeness (QED) is 0.0120. The summed E-state index contributed by atoms with van der Waals surface area (Å²) in [4.78, 5) is 107. The maximum Gasteiger partial charge on any atom is 0.373 e. The van der Waals surface area contributed by atoms with E-state index in [9.17, 15) is 34.2 Å². The van der Waals surface area contributed by atoms with Gasteiger partial charge in [-0.25, -0.2) is 24.5 Å². The minimum absolute atomic E-state index is 0. The average Bonchev–Trinajstić information content (AvgIpc) is 1.67. The Balaban J connectivity index is 0.000000364. The average molecular weight is 2340 g/mol. The molecule has 0 fully saturated rings. The molecule has 624 valence electrons. The summed E-state index contributed by atoms with van der Waals surface area (Å²) in [5.74, 6) is 0.0828. The van der Waals surface area contributed by atoms with E-state index in [4.69, 9.17) is 80.7 Å². The maximum absolute atomic E-state index is 12.0. The summed E-state index contributed by atoms with van der Waals surface area (Å²) in [6.45, 7) is 5.85. The summed E-state index contributed by atoms with van der Waals surface area (Å²) in [7, 11) is 0. The van der Waals surface area contributed by atoms with Gasteiger partial charge in [0.1, 0.15) is 40.5 Å². The summed E-state index contributed by atoms with van der Waals surface area (Å²) in [6, 6.07) is 62.1. The molecule has 1 amide bonds. The number of fused-ring (bicyclic) bond motifs is 2. The van der Waals surface area contributed by atoms with Crippen LogP contribution >= 0.6 is 149 Å². The normalized spacial score (nSPS) is 9.66. The molecule has 42 heteroatoms. The van der Waals surface area contributed by atoms with E-state index in [1.807, 2.05) is 153 Å². The fourth-order valence-corrected chi connectivity index (χ4v) is 12.2. The molecule has 0 aliphatic carbocycles. The zero-order valence-corrected chi connectivity index (χ0v) is 80.3. The molecule has 0 aliphatic heterocycles. The van der Waals surface area contributed by atoms with Crippen LogP contribution in [0.3, 0.4) is 0 Å². The van der Waals surface area contributed by atoms with Crippen molar-refractivity contribution in [3.05, 3.63) is 268 Å². The summed E-state index contributed by atoms with van der Waals surface area (Å²) in [5.41, 5.74) is 26.7. The van der Waals surface area contributed by atoms with E-state index in [2.05, 4.69) is 163 Å². The standard InChI is InChI=1S/C15H13BrN4O3.C14H12BrNS.C13H7BrN4O2.C12H12BrN3O2.C7H6BrNS.C7H4BrN.C7H3N4O2.C3H10N2.CO2.Bi.BrH.ClH/c1-2-23-15(22)12-14(18-11(21)7-8-17)20-13(19-12)9-3-5-10(16)6-4-9;15-13-8-6-12(7-9-13)14(16)17-10-11-4-2-1-3-5-11;14-7-3-1-6(2-4-7)11-16-9-10(19)8(5-15)13(20)18-12(9)17-11;1-2-18-12(17)9-10(14)16-11(15-9)7-3-5-8(13)6-4-7;8-6-3-1-5(2-4-6)7(9)10;8-7-3-1-6(5-9)2-4-7;8-1-3-5(12)4-6(10-2-9-4)11-7(3)13;1-2-3(4)5;2-1-3;;;/h3-6H,2,7H2,1H3,(H,18,21)(H,19,20);1-9,16H,10H2;1-4H,(H3,16,17,18,19,20);3-6H,2,14H2,1H3,(H,15,16);1-4H,(H2,9,10);1-4H;(H3,9,10,11,12,13);3H,2,4-5H2,1H3;;;2*1H. The molecule has 0 atom stereocenters. The number of ether oxygens (including phenoxy) is 2. The largest absolute Gasteiger partial charge is 0.504 e. The van der Waals surface area contributed by atoms with Crippen molar-refractivity contribution in [3.8, 4) is 69.9 Å². The number of nitrogens with two attached hydrogens (primary N) is 4. The number of aromatic amines is 6. The monoisotopic (exact) mass is 2330 g/mol. The molecule has 2 radical (unpaired) electrons. The summed E-state index contributed by atoms with van der Waals surface area (Å²) >= 11 is 27.2. The number of carbonyl (C=O) groups excluding carboxylic acids is 5. The number of esters is 2. The van der Waals surface area contributed by atoms with Gasteiger partial charge in [-0.1, -0.05) is 206 Å². The topological polar surface area (TPSA) is 560 Å². The first kappa shape index (κ1) is 104. The number of amides is 1. The molecule has 6 aromatic heterocycles. The number of aromatic nitrogens is 10. The van der Waals surface area contributed by atoms with Crippen LogP contribution in [0.15, 0.2) is 212 Å². The van der Waals surface area contributed by atoms with E-state index >= 15 is 0 Å². The van der Waals surface area contributed by atoms with Gasteiger partial charge in [0.05, 0.1) is 42.1 Å². The van der Waals surface area contributed by atoms with Gasteiger partial charge in [-0.15, -0.1) is 41.2 Å². The van der Waals surface area contributed by atoms with Crippen LogP contribution in [0.5, 0.6) is 11.5 Å². The number of benzene rings is 7. The van der Waals surface area contributed by atoms with Gasteiger partial charge in [0.2, 0.25) is 5.91 Å². The van der Waals surface area contributed by atoms with E-state index in [0.29, 0.717) is 48.7 Å². The minimum Gasteiger partial charge on any atom is -0.504 e. The number of H-pyrrole nitrogens is 6. The molecule has 121 heavy (non-hydrogen) atoms. The molecule has 0 spiro atoms. The Labute approximate surface area is 782 Å². The molecular weight excluding hydrogens is 2270 g/mol. The Morgan fingerprint density at radius 1 is 0.570 bits per heavy atom. The molecule has 0 saturated heterocycles. The fraction of sp³-hybridized carbons (Fsp3) is 0.114. The SMILES string of the molecule is Br.CCC(N)N.CCOC(=O)c1[nH]c(-c2ccc(Br)cc2)nc1N.CCOC(=O)c1[nH]c(-c2ccc(Br)cc2)nc1NC(=O)CC#N.Cl.N#Cc1c(O)c2[nH][c]([Bi])nc2[nH]c1=O.N#Cc1c(O)c2[nH]c(-c3ccc(Br)cc3)nc2[nH]c1=O.N#Cc1ccc(Br)cc1.N=C(SCc1ccccc1)c1ccc(Br)cc1.NC(=S)c1ccc(Br)cc1.O=C=O. The number of halogens is 8. The van der Waals surface area contributed by atoms with Gasteiger partial charge in [0.25, 0.3) is 5.56 Å². The Hall–Kier alpha value is -10.7. The number of carbonyl (C=O) groups is 3. The van der Waals surface area contributed by atoms with Crippen LogP contribution < -0.4 is 42.9 Å². The van der Waals surface area contributed by atoms with Crippen LogP contribution in [0.2, 0.25) is 0 Å². The van der Waals surface area contributed by atoms with E-state index in [1.165, 1.54) is 5.56 Å². The maximum atomic E-state index is 12.0. The van der Waals surface area contributed by atoms with Crippen LogP contribution in [0, 0.1) is 50.7 Å². The molecule has 13 aromatic rings. The van der Waals surface area contributed by atoms with Gasteiger partial charge in [-0.05, 0) is 111 Å². The van der Waals surface area contributed by atoms with Crippen molar-refractivity contribution >= 4 is 245 Å². The number of pyridine rings is 2. The second-order valence-electron chi connectivity index (χ2n) is 22.9. The molecule has 0 unspecified atom stereocenters. The van der Waals surface area contributed by atoms with E-state index < -0.39 is 29.0 Å². The Kier molecular flexibility index (Phi) is 47.1. The first-order valence-electron chi connectivity index (χ1n) is 34.0. The first-order valence-corrected chi connectivity index (χ1v) is 41.9. The predicted molar refractivity (Wildman–Crippen MR) is 496 cm³/mol. The fourth-order valence-electron chi connectivity index (χ4n) is 8.86. The van der Waals surface area contributed by atoms with E-state index in [0.717, 1.165) is 91.5 Å². The zero-order chi connectivity index (χ0) is 87.8. The van der Waals surface area contributed by atoms with Gasteiger partial charge in [-0.2, -0.15) is 25.4 Å². The van der Waals surface area contributed by atoms with Crippen LogP contribution in [0.25, 0.3) is 56.5 Å². The van der Waals surface area contributed by atoms with Gasteiger partial charge in [0.15, 0.2) is 40.0 Å². The zero-order valence-electron chi connectivity index (χ0n) is 63.2. The van der Waals surface area contributed by atoms with Crippen molar-refractivity contribution in [2.75, 3.05) is 24.3 Å².